The summed E-state index contributed by atoms with van der Waals surface area (Å²) in [5, 5.41) is 7.18. The highest BCUT2D eigenvalue weighted by atomic mass is 79.9. The van der Waals surface area contributed by atoms with Gasteiger partial charge in [-0.1, -0.05) is 60.1 Å². The molecule has 3 rings (SSSR count). The van der Waals surface area contributed by atoms with Crippen LogP contribution in [0.25, 0.3) is 5.69 Å². The number of amides is 1. The minimum atomic E-state index is -0.472. The molecule has 0 saturated carbocycles. The van der Waals surface area contributed by atoms with Gasteiger partial charge in [0.15, 0.2) is 5.69 Å². The Morgan fingerprint density at radius 1 is 1.11 bits per heavy atom. The first-order valence-electron chi connectivity index (χ1n) is 8.98. The molecule has 0 atom stereocenters. The van der Waals surface area contributed by atoms with Gasteiger partial charge >= 0.3 is 0 Å². The Labute approximate surface area is 172 Å². The lowest BCUT2D eigenvalue weighted by atomic mass is 9.84. The van der Waals surface area contributed by atoms with Crippen LogP contribution < -0.4 is 10.7 Å². The second-order valence-electron chi connectivity index (χ2n) is 7.32. The number of hydrogen-bond donors (Lipinski definition) is 1. The molecule has 0 radical (unpaired) electrons. The van der Waals surface area contributed by atoms with E-state index in [-0.39, 0.29) is 16.5 Å². The number of carbonyl (C=O) groups excluding carboxylic acids is 1. The topological polar surface area (TPSA) is 64.0 Å². The zero-order valence-corrected chi connectivity index (χ0v) is 17.7. The highest BCUT2D eigenvalue weighted by Crippen LogP contribution is 2.24. The van der Waals surface area contributed by atoms with Crippen LogP contribution in [0.2, 0.25) is 0 Å². The molecule has 5 nitrogen and oxygen atoms in total. The molecule has 0 aliphatic rings. The van der Waals surface area contributed by atoms with E-state index in [9.17, 15) is 9.59 Å². The molecule has 28 heavy (non-hydrogen) atoms. The van der Waals surface area contributed by atoms with Crippen LogP contribution in [0.4, 0.5) is 0 Å². The standard InChI is InChI=1S/C22H22BrN3O2/c1-15-13-19(27)20(25-26(15)18-7-5-4-6-8-18)21(28)24-14-22(2,3)16-9-11-17(23)12-10-16/h4-13H,14H2,1-3H3,(H,24,28). The van der Waals surface area contributed by atoms with Crippen LogP contribution in [-0.2, 0) is 5.41 Å². The van der Waals surface area contributed by atoms with Crippen molar-refractivity contribution in [3.05, 3.63) is 92.3 Å². The summed E-state index contributed by atoms with van der Waals surface area (Å²) in [5.41, 5.74) is 1.77. The molecular formula is C22H22BrN3O2. The summed E-state index contributed by atoms with van der Waals surface area (Å²) in [5.74, 6) is -0.472. The predicted octanol–water partition coefficient (Wildman–Crippen LogP) is 4.01. The first-order valence-corrected chi connectivity index (χ1v) is 9.78. The fourth-order valence-corrected chi connectivity index (χ4v) is 3.19. The van der Waals surface area contributed by atoms with E-state index in [1.54, 1.807) is 11.6 Å². The maximum absolute atomic E-state index is 12.7. The minimum Gasteiger partial charge on any atom is -0.350 e. The molecule has 1 amide bonds. The lowest BCUT2D eigenvalue weighted by Gasteiger charge is -2.25. The molecule has 1 heterocycles. The molecule has 0 spiro atoms. The molecule has 1 aromatic heterocycles. The second-order valence-corrected chi connectivity index (χ2v) is 8.24. The van der Waals surface area contributed by atoms with E-state index in [4.69, 9.17) is 0 Å². The van der Waals surface area contributed by atoms with Gasteiger partial charge in [-0.25, -0.2) is 4.68 Å². The Morgan fingerprint density at radius 3 is 2.39 bits per heavy atom. The highest BCUT2D eigenvalue weighted by Gasteiger charge is 2.23. The molecule has 0 unspecified atom stereocenters. The Hall–Kier alpha value is -2.73. The van der Waals surface area contributed by atoms with Crippen molar-refractivity contribution in [1.29, 1.82) is 0 Å². The van der Waals surface area contributed by atoms with Crippen LogP contribution in [-0.4, -0.2) is 22.2 Å². The summed E-state index contributed by atoms with van der Waals surface area (Å²) >= 11 is 3.43. The van der Waals surface area contributed by atoms with Gasteiger partial charge in [0, 0.05) is 28.2 Å². The van der Waals surface area contributed by atoms with Gasteiger partial charge in [0.1, 0.15) is 0 Å². The van der Waals surface area contributed by atoms with Crippen LogP contribution in [0, 0.1) is 6.92 Å². The zero-order chi connectivity index (χ0) is 20.3. The molecule has 144 valence electrons. The lowest BCUT2D eigenvalue weighted by Crippen LogP contribution is -2.39. The SMILES string of the molecule is Cc1cc(=O)c(C(=O)NCC(C)(C)c2ccc(Br)cc2)nn1-c1ccccc1. The molecule has 0 aliphatic heterocycles. The average molecular weight is 440 g/mol. The maximum Gasteiger partial charge on any atom is 0.275 e. The monoisotopic (exact) mass is 439 g/mol. The third kappa shape index (κ3) is 4.39. The van der Waals surface area contributed by atoms with Crippen molar-refractivity contribution < 1.29 is 4.79 Å². The summed E-state index contributed by atoms with van der Waals surface area (Å²) in [4.78, 5) is 25.1. The molecule has 2 aromatic carbocycles. The quantitative estimate of drug-likeness (QED) is 0.652. The maximum atomic E-state index is 12.7. The average Bonchev–Trinajstić information content (AvgIpc) is 2.67. The molecule has 0 aliphatic carbocycles. The van der Waals surface area contributed by atoms with Crippen LogP contribution in [0.3, 0.4) is 0 Å². The number of para-hydroxylation sites is 1. The van der Waals surface area contributed by atoms with Crippen molar-refractivity contribution in [2.24, 2.45) is 0 Å². The lowest BCUT2D eigenvalue weighted by molar-refractivity contribution is 0.0937. The minimum absolute atomic E-state index is 0.110. The molecule has 6 heteroatoms. The fourth-order valence-electron chi connectivity index (χ4n) is 2.92. The Balaban J connectivity index is 1.83. The summed E-state index contributed by atoms with van der Waals surface area (Å²) in [7, 11) is 0. The number of aromatic nitrogens is 2. The number of nitrogens with one attached hydrogen (secondary N) is 1. The molecule has 0 bridgehead atoms. The van der Waals surface area contributed by atoms with Crippen molar-refractivity contribution in [3.63, 3.8) is 0 Å². The van der Waals surface area contributed by atoms with Crippen molar-refractivity contribution in [1.82, 2.24) is 15.1 Å². The number of hydrogen-bond acceptors (Lipinski definition) is 3. The van der Waals surface area contributed by atoms with Gasteiger partial charge in [0.05, 0.1) is 5.69 Å². The number of aryl methyl sites for hydroxylation is 1. The van der Waals surface area contributed by atoms with Gasteiger partial charge in [-0.2, -0.15) is 5.10 Å². The Bertz CT molecular complexity index is 1040. The van der Waals surface area contributed by atoms with Crippen molar-refractivity contribution in [2.45, 2.75) is 26.2 Å². The number of benzene rings is 2. The van der Waals surface area contributed by atoms with Gasteiger partial charge in [-0.15, -0.1) is 0 Å². The van der Waals surface area contributed by atoms with Crippen molar-refractivity contribution in [3.8, 4) is 5.69 Å². The second kappa shape index (κ2) is 8.10. The smallest absolute Gasteiger partial charge is 0.275 e. The van der Waals surface area contributed by atoms with E-state index in [1.165, 1.54) is 6.07 Å². The zero-order valence-electron chi connectivity index (χ0n) is 16.1. The number of nitrogens with zero attached hydrogens (tertiary/aromatic N) is 2. The van der Waals surface area contributed by atoms with Crippen LogP contribution in [0.1, 0.15) is 35.6 Å². The molecule has 1 N–H and O–H groups in total. The fraction of sp³-hybridized carbons (Fsp3) is 0.227. The van der Waals surface area contributed by atoms with Gasteiger partial charge in [0.25, 0.3) is 5.91 Å². The molecule has 0 fully saturated rings. The largest absolute Gasteiger partial charge is 0.350 e. The Morgan fingerprint density at radius 2 is 1.75 bits per heavy atom. The van der Waals surface area contributed by atoms with E-state index < -0.39 is 5.91 Å². The number of rotatable bonds is 5. The summed E-state index contributed by atoms with van der Waals surface area (Å²) in [6, 6.07) is 18.8. The third-order valence-electron chi connectivity index (χ3n) is 4.64. The van der Waals surface area contributed by atoms with Crippen LogP contribution in [0.5, 0.6) is 0 Å². The van der Waals surface area contributed by atoms with Crippen LogP contribution >= 0.6 is 15.9 Å². The summed E-state index contributed by atoms with van der Waals surface area (Å²) in [6.45, 7) is 6.26. The van der Waals surface area contributed by atoms with Gasteiger partial charge in [0.2, 0.25) is 5.43 Å². The number of carbonyl (C=O) groups is 1. The molecule has 3 aromatic rings. The van der Waals surface area contributed by atoms with Crippen molar-refractivity contribution in [2.75, 3.05) is 6.54 Å². The third-order valence-corrected chi connectivity index (χ3v) is 5.17. The van der Waals surface area contributed by atoms with E-state index >= 15 is 0 Å². The van der Waals surface area contributed by atoms with Crippen molar-refractivity contribution >= 4 is 21.8 Å². The molecular weight excluding hydrogens is 418 g/mol. The first-order chi connectivity index (χ1) is 13.3. The van der Waals surface area contributed by atoms with E-state index in [1.807, 2.05) is 68.4 Å². The first kappa shape index (κ1) is 20.0. The highest BCUT2D eigenvalue weighted by molar-refractivity contribution is 9.10. The van der Waals surface area contributed by atoms with Crippen LogP contribution in [0.15, 0.2) is 69.9 Å². The van der Waals surface area contributed by atoms with Gasteiger partial charge in [-0.3, -0.25) is 9.59 Å². The summed E-state index contributed by atoms with van der Waals surface area (Å²) < 4.78 is 2.61. The summed E-state index contributed by atoms with van der Waals surface area (Å²) in [6.07, 6.45) is 0. The van der Waals surface area contributed by atoms with Gasteiger partial charge in [-0.05, 0) is 36.8 Å². The normalized spacial score (nSPS) is 11.3. The molecule has 0 saturated heterocycles. The Kier molecular flexibility index (Phi) is 5.79. The van der Waals surface area contributed by atoms with E-state index in [2.05, 4.69) is 26.3 Å². The van der Waals surface area contributed by atoms with E-state index in [0.717, 1.165) is 15.7 Å². The number of halogens is 1. The van der Waals surface area contributed by atoms with Gasteiger partial charge < -0.3 is 5.32 Å². The van der Waals surface area contributed by atoms with E-state index in [0.29, 0.717) is 12.2 Å². The predicted molar refractivity (Wildman–Crippen MR) is 114 cm³/mol.